The summed E-state index contributed by atoms with van der Waals surface area (Å²) < 4.78 is 52.0. The van der Waals surface area contributed by atoms with Gasteiger partial charge in [0.1, 0.15) is 4.90 Å². The maximum Gasteiger partial charge on any atom is 0.243 e. The fraction of sp³-hybridized carbons (Fsp3) is 0.111. The van der Waals surface area contributed by atoms with Crippen LogP contribution in [0.1, 0.15) is 0 Å². The molecule has 0 bridgehead atoms. The summed E-state index contributed by atoms with van der Waals surface area (Å²) >= 11 is 2.93. The molecule has 0 saturated heterocycles. The lowest BCUT2D eigenvalue weighted by molar-refractivity contribution is 0.484. The summed E-state index contributed by atoms with van der Waals surface area (Å²) in [6, 6.07) is 1.55. The van der Waals surface area contributed by atoms with E-state index in [1.165, 1.54) is 0 Å². The van der Waals surface area contributed by atoms with Crippen LogP contribution >= 0.6 is 15.9 Å². The molecule has 4 nitrogen and oxygen atoms in total. The van der Waals surface area contributed by atoms with Crippen LogP contribution in [0, 0.1) is 11.6 Å². The van der Waals surface area contributed by atoms with E-state index in [0.29, 0.717) is 10.5 Å². The van der Waals surface area contributed by atoms with Crippen molar-refractivity contribution < 1.29 is 17.2 Å². The van der Waals surface area contributed by atoms with Crippen LogP contribution < -0.4 is 10.5 Å². The number of rotatable bonds is 4. The van der Waals surface area contributed by atoms with E-state index in [4.69, 9.17) is 5.73 Å². The van der Waals surface area contributed by atoms with Gasteiger partial charge in [-0.3, -0.25) is 0 Å². The first-order valence-electron chi connectivity index (χ1n) is 4.31. The normalized spacial score (nSPS) is 11.5. The third-order valence-electron chi connectivity index (χ3n) is 1.76. The molecule has 0 heterocycles. The van der Waals surface area contributed by atoms with E-state index in [0.717, 1.165) is 6.07 Å². The van der Waals surface area contributed by atoms with Crippen LogP contribution in [0.25, 0.3) is 0 Å². The Morgan fingerprint density at radius 3 is 2.59 bits per heavy atom. The van der Waals surface area contributed by atoms with Gasteiger partial charge in [0.25, 0.3) is 0 Å². The molecule has 0 aliphatic rings. The number of halogens is 3. The highest BCUT2D eigenvalue weighted by molar-refractivity contribution is 9.11. The first-order chi connectivity index (χ1) is 7.74. The quantitative estimate of drug-likeness (QED) is 0.828. The minimum atomic E-state index is -4.17. The lowest BCUT2D eigenvalue weighted by atomic mass is 10.3. The number of hydrogen-bond acceptors (Lipinski definition) is 3. The maximum absolute atomic E-state index is 13.3. The van der Waals surface area contributed by atoms with E-state index in [1.54, 1.807) is 0 Å². The van der Waals surface area contributed by atoms with Crippen LogP contribution in [0.2, 0.25) is 0 Å². The molecular weight excluding hydrogens is 318 g/mol. The molecule has 0 spiro atoms. The molecule has 17 heavy (non-hydrogen) atoms. The van der Waals surface area contributed by atoms with Crippen molar-refractivity contribution in [3.8, 4) is 0 Å². The van der Waals surface area contributed by atoms with Crippen molar-refractivity contribution in [2.45, 2.75) is 4.90 Å². The number of nitrogens with one attached hydrogen (secondary N) is 1. The standard InChI is InChI=1S/C9H9BrF2N2O2S/c1-5(10)4-14-17(15,16)8-3-6(13)2-7(11)9(8)12/h2-3,14H,1,4,13H2. The SMILES string of the molecule is C=C(Br)CNS(=O)(=O)c1cc(N)cc(F)c1F. The Labute approximate surface area is 106 Å². The highest BCUT2D eigenvalue weighted by atomic mass is 79.9. The summed E-state index contributed by atoms with van der Waals surface area (Å²) in [7, 11) is -4.17. The van der Waals surface area contributed by atoms with Gasteiger partial charge < -0.3 is 5.73 Å². The first-order valence-corrected chi connectivity index (χ1v) is 6.59. The number of sulfonamides is 1. The van der Waals surface area contributed by atoms with E-state index in [2.05, 4.69) is 22.5 Å². The molecule has 0 aromatic heterocycles. The lowest BCUT2D eigenvalue weighted by Crippen LogP contribution is -2.26. The number of nitrogens with two attached hydrogens (primary N) is 1. The highest BCUT2D eigenvalue weighted by Crippen LogP contribution is 2.21. The van der Waals surface area contributed by atoms with E-state index < -0.39 is 26.6 Å². The van der Waals surface area contributed by atoms with Gasteiger partial charge in [-0.1, -0.05) is 22.5 Å². The van der Waals surface area contributed by atoms with Crippen LogP contribution in [0.4, 0.5) is 14.5 Å². The van der Waals surface area contributed by atoms with Gasteiger partial charge in [0.05, 0.1) is 0 Å². The van der Waals surface area contributed by atoms with Gasteiger partial charge in [-0.05, 0) is 12.1 Å². The largest absolute Gasteiger partial charge is 0.399 e. The molecule has 94 valence electrons. The minimum Gasteiger partial charge on any atom is -0.399 e. The molecule has 0 amide bonds. The fourth-order valence-corrected chi connectivity index (χ4v) is 2.50. The van der Waals surface area contributed by atoms with Crippen molar-refractivity contribution in [2.75, 3.05) is 12.3 Å². The molecule has 0 unspecified atom stereocenters. The average molecular weight is 327 g/mol. The summed E-state index contributed by atoms with van der Waals surface area (Å²) in [5, 5.41) is 0. The average Bonchev–Trinajstić information content (AvgIpc) is 2.20. The smallest absolute Gasteiger partial charge is 0.243 e. The predicted octanol–water partition coefficient (Wildman–Crippen LogP) is 1.73. The molecule has 0 saturated carbocycles. The lowest BCUT2D eigenvalue weighted by Gasteiger charge is -2.08. The van der Waals surface area contributed by atoms with Crippen molar-refractivity contribution in [2.24, 2.45) is 0 Å². The predicted molar refractivity (Wildman–Crippen MR) is 64.0 cm³/mol. The summed E-state index contributed by atoms with van der Waals surface area (Å²) in [6.07, 6.45) is 0. The Hall–Kier alpha value is -0.990. The van der Waals surface area contributed by atoms with Gasteiger partial charge in [0, 0.05) is 16.7 Å². The summed E-state index contributed by atoms with van der Waals surface area (Å²) in [5.41, 5.74) is 5.08. The second kappa shape index (κ2) is 5.11. The van der Waals surface area contributed by atoms with Gasteiger partial charge in [0.2, 0.25) is 10.0 Å². The maximum atomic E-state index is 13.3. The van der Waals surface area contributed by atoms with Gasteiger partial charge in [0.15, 0.2) is 11.6 Å². The molecule has 0 fully saturated rings. The molecule has 0 radical (unpaired) electrons. The fourth-order valence-electron chi connectivity index (χ4n) is 1.03. The number of anilines is 1. The molecule has 8 heteroatoms. The summed E-state index contributed by atoms with van der Waals surface area (Å²) in [4.78, 5) is -0.830. The summed E-state index contributed by atoms with van der Waals surface area (Å²) in [5.74, 6) is -2.78. The van der Waals surface area contributed by atoms with Crippen molar-refractivity contribution in [1.82, 2.24) is 4.72 Å². The Balaban J connectivity index is 3.19. The van der Waals surface area contributed by atoms with Crippen LogP contribution in [-0.4, -0.2) is 15.0 Å². The van der Waals surface area contributed by atoms with E-state index in [-0.39, 0.29) is 12.2 Å². The zero-order chi connectivity index (χ0) is 13.2. The molecule has 1 aromatic rings. The van der Waals surface area contributed by atoms with Crippen LogP contribution in [0.3, 0.4) is 0 Å². The third kappa shape index (κ3) is 3.48. The molecular formula is C9H9BrF2N2O2S. The van der Waals surface area contributed by atoms with E-state index in [1.807, 2.05) is 4.72 Å². The number of benzene rings is 1. The molecule has 0 aliphatic carbocycles. The molecule has 3 N–H and O–H groups in total. The van der Waals surface area contributed by atoms with Gasteiger partial charge in [-0.15, -0.1) is 0 Å². The second-order valence-corrected chi connectivity index (χ2v) is 6.01. The molecule has 0 aliphatic heterocycles. The third-order valence-corrected chi connectivity index (χ3v) is 3.44. The van der Waals surface area contributed by atoms with Crippen molar-refractivity contribution in [1.29, 1.82) is 0 Å². The summed E-state index contributed by atoms with van der Waals surface area (Å²) in [6.45, 7) is 3.27. The van der Waals surface area contributed by atoms with E-state index in [9.17, 15) is 17.2 Å². The number of hydrogen-bond donors (Lipinski definition) is 2. The Kier molecular flexibility index (Phi) is 4.23. The zero-order valence-corrected chi connectivity index (χ0v) is 10.9. The van der Waals surface area contributed by atoms with Crippen LogP contribution in [0.5, 0.6) is 0 Å². The highest BCUT2D eigenvalue weighted by Gasteiger charge is 2.22. The topological polar surface area (TPSA) is 72.2 Å². The Bertz CT molecular complexity index is 560. The monoisotopic (exact) mass is 326 g/mol. The Morgan fingerprint density at radius 2 is 2.06 bits per heavy atom. The number of nitrogen functional groups attached to an aromatic ring is 1. The van der Waals surface area contributed by atoms with Gasteiger partial charge >= 0.3 is 0 Å². The van der Waals surface area contributed by atoms with Crippen LogP contribution in [0.15, 0.2) is 28.1 Å². The molecule has 0 atom stereocenters. The van der Waals surface area contributed by atoms with E-state index >= 15 is 0 Å². The minimum absolute atomic E-state index is 0.141. The Morgan fingerprint density at radius 1 is 1.47 bits per heavy atom. The van der Waals surface area contributed by atoms with Crippen molar-refractivity contribution in [3.63, 3.8) is 0 Å². The van der Waals surface area contributed by atoms with Crippen molar-refractivity contribution in [3.05, 3.63) is 34.8 Å². The first kappa shape index (κ1) is 14.1. The van der Waals surface area contributed by atoms with Crippen LogP contribution in [-0.2, 0) is 10.0 Å². The van der Waals surface area contributed by atoms with Gasteiger partial charge in [-0.25, -0.2) is 21.9 Å². The zero-order valence-electron chi connectivity index (χ0n) is 8.50. The molecule has 1 rings (SSSR count). The van der Waals surface area contributed by atoms with Gasteiger partial charge in [-0.2, -0.15) is 0 Å². The second-order valence-electron chi connectivity index (χ2n) is 3.16. The van der Waals surface area contributed by atoms with Crippen molar-refractivity contribution >= 4 is 31.6 Å². The molecule has 1 aromatic carbocycles.